The lowest BCUT2D eigenvalue weighted by atomic mass is 9.94. The van der Waals surface area contributed by atoms with E-state index in [1.54, 1.807) is 11.0 Å². The number of rotatable bonds is 4. The van der Waals surface area contributed by atoms with Crippen molar-refractivity contribution >= 4 is 6.09 Å². The summed E-state index contributed by atoms with van der Waals surface area (Å²) < 4.78 is 11.1. The van der Waals surface area contributed by atoms with E-state index in [4.69, 9.17) is 9.47 Å². The molecule has 22 heavy (non-hydrogen) atoms. The van der Waals surface area contributed by atoms with Gasteiger partial charge in [0.25, 0.3) is 0 Å². The fraction of sp³-hybridized carbons (Fsp3) is 0.500. The zero-order valence-corrected chi connectivity index (χ0v) is 13.7. The molecule has 1 atom stereocenters. The molecule has 1 aromatic rings. The van der Waals surface area contributed by atoms with Gasteiger partial charge in [-0.2, -0.15) is 0 Å². The molecule has 4 heteroatoms. The van der Waals surface area contributed by atoms with Gasteiger partial charge in [-0.15, -0.1) is 6.58 Å². The van der Waals surface area contributed by atoms with Gasteiger partial charge >= 0.3 is 6.09 Å². The number of carbonyl (C=O) groups excluding carboxylic acids is 1. The summed E-state index contributed by atoms with van der Waals surface area (Å²) in [6.45, 7) is 10.8. The first-order valence-electron chi connectivity index (χ1n) is 7.66. The molecule has 0 bridgehead atoms. The van der Waals surface area contributed by atoms with Crippen molar-refractivity contribution in [3.8, 4) is 0 Å². The SMILES string of the molecule is C=CCOC[C@@H]1Cc2ccccc2CN1C(=O)OC(C)(C)C. The van der Waals surface area contributed by atoms with Gasteiger partial charge in [0.1, 0.15) is 5.60 Å². The van der Waals surface area contributed by atoms with Gasteiger partial charge in [0.2, 0.25) is 0 Å². The van der Waals surface area contributed by atoms with Crippen LogP contribution in [-0.2, 0) is 22.4 Å². The number of amides is 1. The van der Waals surface area contributed by atoms with E-state index in [0.29, 0.717) is 19.8 Å². The van der Waals surface area contributed by atoms with Crippen molar-refractivity contribution in [1.82, 2.24) is 4.90 Å². The molecule has 0 saturated carbocycles. The maximum Gasteiger partial charge on any atom is 0.410 e. The molecule has 0 fully saturated rings. The summed E-state index contributed by atoms with van der Waals surface area (Å²) in [4.78, 5) is 14.3. The van der Waals surface area contributed by atoms with Crippen LogP contribution < -0.4 is 0 Å². The minimum Gasteiger partial charge on any atom is -0.444 e. The Morgan fingerprint density at radius 1 is 1.36 bits per heavy atom. The Labute approximate surface area is 132 Å². The highest BCUT2D eigenvalue weighted by Crippen LogP contribution is 2.25. The lowest BCUT2D eigenvalue weighted by molar-refractivity contribution is -0.00169. The van der Waals surface area contributed by atoms with E-state index in [1.165, 1.54) is 11.1 Å². The van der Waals surface area contributed by atoms with Gasteiger partial charge in [-0.05, 0) is 38.3 Å². The molecule has 0 aromatic heterocycles. The highest BCUT2D eigenvalue weighted by atomic mass is 16.6. The Hall–Kier alpha value is -1.81. The second-order valence-corrected chi connectivity index (χ2v) is 6.56. The van der Waals surface area contributed by atoms with Crippen molar-refractivity contribution in [3.63, 3.8) is 0 Å². The summed E-state index contributed by atoms with van der Waals surface area (Å²) in [6.07, 6.45) is 2.22. The van der Waals surface area contributed by atoms with Crippen LogP contribution in [0.1, 0.15) is 31.9 Å². The molecule has 120 valence electrons. The molecular formula is C18H25NO3. The largest absolute Gasteiger partial charge is 0.444 e. The summed E-state index contributed by atoms with van der Waals surface area (Å²) in [5.74, 6) is 0. The Kier molecular flexibility index (Phi) is 5.24. The number of hydrogen-bond donors (Lipinski definition) is 0. The fourth-order valence-electron chi connectivity index (χ4n) is 2.56. The average Bonchev–Trinajstić information content (AvgIpc) is 2.45. The van der Waals surface area contributed by atoms with Crippen LogP contribution in [0.3, 0.4) is 0 Å². The lowest BCUT2D eigenvalue weighted by Gasteiger charge is -2.37. The van der Waals surface area contributed by atoms with Gasteiger partial charge < -0.3 is 9.47 Å². The van der Waals surface area contributed by atoms with E-state index >= 15 is 0 Å². The zero-order valence-electron chi connectivity index (χ0n) is 13.7. The number of hydrogen-bond acceptors (Lipinski definition) is 3. The number of benzene rings is 1. The van der Waals surface area contributed by atoms with Crippen LogP contribution >= 0.6 is 0 Å². The molecule has 1 amide bonds. The van der Waals surface area contributed by atoms with Crippen LogP contribution in [0.2, 0.25) is 0 Å². The molecule has 2 rings (SSSR count). The minimum absolute atomic E-state index is 0.00954. The van der Waals surface area contributed by atoms with Gasteiger partial charge in [-0.1, -0.05) is 30.3 Å². The maximum absolute atomic E-state index is 12.5. The van der Waals surface area contributed by atoms with Crippen LogP contribution in [-0.4, -0.2) is 35.8 Å². The average molecular weight is 303 g/mol. The zero-order chi connectivity index (χ0) is 16.2. The molecule has 0 radical (unpaired) electrons. The molecule has 0 spiro atoms. The third kappa shape index (κ3) is 4.34. The lowest BCUT2D eigenvalue weighted by Crippen LogP contribution is -2.48. The van der Waals surface area contributed by atoms with Crippen molar-refractivity contribution in [1.29, 1.82) is 0 Å². The maximum atomic E-state index is 12.5. The highest BCUT2D eigenvalue weighted by molar-refractivity contribution is 5.69. The standard InChI is InChI=1S/C18H25NO3/c1-5-10-21-13-16-11-14-8-6-7-9-15(14)12-19(16)17(20)22-18(2,3)4/h5-9,16H,1,10-13H2,2-4H3/t16-/m0/s1. The monoisotopic (exact) mass is 303 g/mol. The summed E-state index contributed by atoms with van der Waals surface area (Å²) in [5, 5.41) is 0. The molecule has 0 saturated heterocycles. The molecular weight excluding hydrogens is 278 g/mol. The van der Waals surface area contributed by atoms with Crippen LogP contribution in [0.15, 0.2) is 36.9 Å². The van der Waals surface area contributed by atoms with Gasteiger partial charge in [0, 0.05) is 6.54 Å². The number of nitrogens with zero attached hydrogens (tertiary/aromatic N) is 1. The number of ether oxygens (including phenoxy) is 2. The number of fused-ring (bicyclic) bond motifs is 1. The Balaban J connectivity index is 2.15. The Morgan fingerprint density at radius 2 is 2.05 bits per heavy atom. The minimum atomic E-state index is -0.499. The summed E-state index contributed by atoms with van der Waals surface area (Å²) in [5.41, 5.74) is 1.95. The molecule has 0 unspecified atom stereocenters. The smallest absolute Gasteiger partial charge is 0.410 e. The summed E-state index contributed by atoms with van der Waals surface area (Å²) in [7, 11) is 0. The van der Waals surface area contributed by atoms with Crippen molar-refractivity contribution < 1.29 is 14.3 Å². The van der Waals surface area contributed by atoms with Gasteiger partial charge in [0.05, 0.1) is 19.3 Å². The van der Waals surface area contributed by atoms with E-state index in [9.17, 15) is 4.79 Å². The summed E-state index contributed by atoms with van der Waals surface area (Å²) in [6, 6.07) is 8.20. The van der Waals surface area contributed by atoms with Gasteiger partial charge in [-0.3, -0.25) is 4.90 Å². The predicted octanol–water partition coefficient (Wildman–Crippen LogP) is 3.55. The van der Waals surface area contributed by atoms with E-state index in [0.717, 1.165) is 6.42 Å². The molecule has 0 N–H and O–H groups in total. The molecule has 0 aliphatic carbocycles. The van der Waals surface area contributed by atoms with Crippen LogP contribution in [0.5, 0.6) is 0 Å². The Morgan fingerprint density at radius 3 is 2.68 bits per heavy atom. The molecule has 1 aliphatic heterocycles. The first kappa shape index (κ1) is 16.6. The molecule has 1 aromatic carbocycles. The van der Waals surface area contributed by atoms with Gasteiger partial charge in [0.15, 0.2) is 0 Å². The number of carbonyl (C=O) groups is 1. The van der Waals surface area contributed by atoms with Crippen molar-refractivity contribution in [3.05, 3.63) is 48.0 Å². The second kappa shape index (κ2) is 6.97. The third-order valence-corrected chi connectivity index (χ3v) is 3.53. The van der Waals surface area contributed by atoms with Crippen LogP contribution in [0.4, 0.5) is 4.79 Å². The van der Waals surface area contributed by atoms with Crippen LogP contribution in [0, 0.1) is 0 Å². The molecule has 1 aliphatic rings. The van der Waals surface area contributed by atoms with Crippen molar-refractivity contribution in [2.45, 2.75) is 45.4 Å². The normalized spacial score (nSPS) is 17.8. The molecule has 4 nitrogen and oxygen atoms in total. The van der Waals surface area contributed by atoms with Crippen LogP contribution in [0.25, 0.3) is 0 Å². The first-order valence-corrected chi connectivity index (χ1v) is 7.66. The van der Waals surface area contributed by atoms with Crippen molar-refractivity contribution in [2.75, 3.05) is 13.2 Å². The van der Waals surface area contributed by atoms with E-state index in [-0.39, 0.29) is 12.1 Å². The summed E-state index contributed by atoms with van der Waals surface area (Å²) >= 11 is 0. The Bertz CT molecular complexity index is 533. The quantitative estimate of drug-likeness (QED) is 0.630. The van der Waals surface area contributed by atoms with E-state index in [1.807, 2.05) is 32.9 Å². The second-order valence-electron chi connectivity index (χ2n) is 6.56. The topological polar surface area (TPSA) is 38.8 Å². The third-order valence-electron chi connectivity index (χ3n) is 3.53. The predicted molar refractivity (Wildman–Crippen MR) is 86.7 cm³/mol. The van der Waals surface area contributed by atoms with E-state index in [2.05, 4.69) is 18.7 Å². The van der Waals surface area contributed by atoms with E-state index < -0.39 is 5.60 Å². The fourth-order valence-corrected chi connectivity index (χ4v) is 2.56. The first-order chi connectivity index (χ1) is 10.4. The van der Waals surface area contributed by atoms with Gasteiger partial charge in [-0.25, -0.2) is 4.79 Å². The van der Waals surface area contributed by atoms with Crippen molar-refractivity contribution in [2.24, 2.45) is 0 Å². The highest BCUT2D eigenvalue weighted by Gasteiger charge is 2.32. The molecule has 1 heterocycles.